The molecule has 1 heterocycles. The Morgan fingerprint density at radius 2 is 1.89 bits per heavy atom. The number of hydrogen-bond donors (Lipinski definition) is 1. The first kappa shape index (κ1) is 12.5. The average Bonchev–Trinajstić information content (AvgIpc) is 2.41. The van der Waals surface area contributed by atoms with Gasteiger partial charge in [0.1, 0.15) is 11.4 Å². The van der Waals surface area contributed by atoms with Crippen molar-refractivity contribution in [3.05, 3.63) is 30.7 Å². The maximum Gasteiger partial charge on any atom is 0.162 e. The number of benzene rings is 1. The van der Waals surface area contributed by atoms with Gasteiger partial charge in [-0.1, -0.05) is 11.8 Å². The fourth-order valence-corrected chi connectivity index (χ4v) is 2.21. The van der Waals surface area contributed by atoms with E-state index in [1.54, 1.807) is 26.5 Å². The molecule has 0 saturated carbocycles. The maximum absolute atomic E-state index is 5.97. The summed E-state index contributed by atoms with van der Waals surface area (Å²) in [5.74, 6) is 1.25. The minimum atomic E-state index is 0.613. The Kier molecular flexibility index (Phi) is 3.88. The van der Waals surface area contributed by atoms with E-state index < -0.39 is 0 Å². The standard InChI is InChI=1S/C12H13N3O2S/c1-16-9-5-8(13)11(6-10(9)17-2)18-12-3-4-14-7-15-12/h3-7H,13H2,1-2H3. The molecular formula is C12H13N3O2S. The van der Waals surface area contributed by atoms with Gasteiger partial charge in [0.05, 0.1) is 14.2 Å². The molecule has 0 radical (unpaired) electrons. The van der Waals surface area contributed by atoms with Crippen LogP contribution in [0.4, 0.5) is 5.69 Å². The molecule has 1 aromatic heterocycles. The van der Waals surface area contributed by atoms with Crippen molar-refractivity contribution in [2.75, 3.05) is 20.0 Å². The second kappa shape index (κ2) is 5.59. The van der Waals surface area contributed by atoms with Crippen LogP contribution >= 0.6 is 11.8 Å². The van der Waals surface area contributed by atoms with Crippen molar-refractivity contribution < 1.29 is 9.47 Å². The minimum absolute atomic E-state index is 0.613. The number of anilines is 1. The lowest BCUT2D eigenvalue weighted by Gasteiger charge is -2.11. The molecule has 0 atom stereocenters. The van der Waals surface area contributed by atoms with Crippen LogP contribution in [0.25, 0.3) is 0 Å². The van der Waals surface area contributed by atoms with Crippen LogP contribution in [-0.2, 0) is 0 Å². The van der Waals surface area contributed by atoms with E-state index in [1.165, 1.54) is 18.1 Å². The zero-order valence-corrected chi connectivity index (χ0v) is 10.9. The number of ether oxygens (including phenoxy) is 2. The molecule has 2 rings (SSSR count). The third kappa shape index (κ3) is 2.65. The van der Waals surface area contributed by atoms with E-state index >= 15 is 0 Å². The molecule has 0 unspecified atom stereocenters. The lowest BCUT2D eigenvalue weighted by molar-refractivity contribution is 0.354. The third-order valence-electron chi connectivity index (χ3n) is 2.29. The van der Waals surface area contributed by atoms with Gasteiger partial charge >= 0.3 is 0 Å². The van der Waals surface area contributed by atoms with E-state index in [2.05, 4.69) is 9.97 Å². The smallest absolute Gasteiger partial charge is 0.162 e. The van der Waals surface area contributed by atoms with E-state index in [-0.39, 0.29) is 0 Å². The molecule has 5 nitrogen and oxygen atoms in total. The first-order valence-electron chi connectivity index (χ1n) is 5.20. The van der Waals surface area contributed by atoms with Crippen molar-refractivity contribution in [3.8, 4) is 11.5 Å². The predicted octanol–water partition coefficient (Wildman–Crippen LogP) is 2.23. The monoisotopic (exact) mass is 263 g/mol. The highest BCUT2D eigenvalue weighted by Crippen LogP contribution is 2.38. The Morgan fingerprint density at radius 1 is 1.17 bits per heavy atom. The van der Waals surface area contributed by atoms with Crippen LogP contribution in [0.5, 0.6) is 11.5 Å². The molecule has 0 aliphatic rings. The van der Waals surface area contributed by atoms with Gasteiger partial charge in [-0.2, -0.15) is 0 Å². The van der Waals surface area contributed by atoms with Crippen LogP contribution in [0.3, 0.4) is 0 Å². The molecule has 0 spiro atoms. The van der Waals surface area contributed by atoms with Crippen LogP contribution in [0, 0.1) is 0 Å². The lowest BCUT2D eigenvalue weighted by atomic mass is 10.3. The molecule has 0 fully saturated rings. The quantitative estimate of drug-likeness (QED) is 0.673. The summed E-state index contributed by atoms with van der Waals surface area (Å²) in [7, 11) is 3.17. The fourth-order valence-electron chi connectivity index (χ4n) is 1.42. The molecule has 18 heavy (non-hydrogen) atoms. The normalized spacial score (nSPS) is 10.1. The summed E-state index contributed by atoms with van der Waals surface area (Å²) in [4.78, 5) is 8.87. The summed E-state index contributed by atoms with van der Waals surface area (Å²) in [5.41, 5.74) is 6.59. The maximum atomic E-state index is 5.97. The lowest BCUT2D eigenvalue weighted by Crippen LogP contribution is -1.95. The van der Waals surface area contributed by atoms with E-state index in [0.717, 1.165) is 9.92 Å². The van der Waals surface area contributed by atoms with Crippen LogP contribution in [0.15, 0.2) is 40.6 Å². The van der Waals surface area contributed by atoms with Gasteiger partial charge in [-0.05, 0) is 6.07 Å². The number of methoxy groups -OCH3 is 2. The van der Waals surface area contributed by atoms with Crippen molar-refractivity contribution in [1.82, 2.24) is 9.97 Å². The van der Waals surface area contributed by atoms with Crippen molar-refractivity contribution in [1.29, 1.82) is 0 Å². The Bertz CT molecular complexity index is 534. The molecule has 0 saturated heterocycles. The van der Waals surface area contributed by atoms with E-state index in [9.17, 15) is 0 Å². The minimum Gasteiger partial charge on any atom is -0.493 e. The number of aromatic nitrogens is 2. The highest BCUT2D eigenvalue weighted by atomic mass is 32.2. The van der Waals surface area contributed by atoms with E-state index in [4.69, 9.17) is 15.2 Å². The predicted molar refractivity (Wildman–Crippen MR) is 70.1 cm³/mol. The molecule has 0 bridgehead atoms. The molecule has 6 heteroatoms. The van der Waals surface area contributed by atoms with Crippen molar-refractivity contribution in [3.63, 3.8) is 0 Å². The number of nitrogen functional groups attached to an aromatic ring is 1. The van der Waals surface area contributed by atoms with Gasteiger partial charge < -0.3 is 15.2 Å². The van der Waals surface area contributed by atoms with Gasteiger partial charge in [0.15, 0.2) is 11.5 Å². The highest BCUT2D eigenvalue weighted by Gasteiger charge is 2.10. The van der Waals surface area contributed by atoms with Crippen LogP contribution in [0.2, 0.25) is 0 Å². The van der Waals surface area contributed by atoms with Gasteiger partial charge in [0.2, 0.25) is 0 Å². The Balaban J connectivity index is 2.33. The number of rotatable bonds is 4. The summed E-state index contributed by atoms with van der Waals surface area (Å²) < 4.78 is 10.4. The summed E-state index contributed by atoms with van der Waals surface area (Å²) in [6, 6.07) is 5.39. The van der Waals surface area contributed by atoms with Gasteiger partial charge in [-0.15, -0.1) is 0 Å². The molecule has 0 aliphatic carbocycles. The number of nitrogens with zero attached hydrogens (tertiary/aromatic N) is 2. The molecule has 2 N–H and O–H groups in total. The van der Waals surface area contributed by atoms with E-state index in [1.807, 2.05) is 12.1 Å². The molecule has 0 aliphatic heterocycles. The summed E-state index contributed by atoms with van der Waals surface area (Å²) in [6.45, 7) is 0. The van der Waals surface area contributed by atoms with Gasteiger partial charge in [0, 0.05) is 28.9 Å². The summed E-state index contributed by atoms with van der Waals surface area (Å²) in [6.07, 6.45) is 3.19. The van der Waals surface area contributed by atoms with Gasteiger partial charge in [0.25, 0.3) is 0 Å². The Hall–Kier alpha value is -1.95. The zero-order chi connectivity index (χ0) is 13.0. The number of nitrogens with two attached hydrogens (primary N) is 1. The average molecular weight is 263 g/mol. The fraction of sp³-hybridized carbons (Fsp3) is 0.167. The highest BCUT2D eigenvalue weighted by molar-refractivity contribution is 7.99. The molecule has 0 amide bonds. The van der Waals surface area contributed by atoms with E-state index in [0.29, 0.717) is 17.2 Å². The molecule has 2 aromatic rings. The first-order valence-corrected chi connectivity index (χ1v) is 6.01. The van der Waals surface area contributed by atoms with Crippen LogP contribution in [-0.4, -0.2) is 24.2 Å². The molecule has 1 aromatic carbocycles. The zero-order valence-electron chi connectivity index (χ0n) is 10.1. The Labute approximate surface area is 109 Å². The topological polar surface area (TPSA) is 70.3 Å². The number of hydrogen-bond acceptors (Lipinski definition) is 6. The summed E-state index contributed by atoms with van der Waals surface area (Å²) >= 11 is 1.45. The van der Waals surface area contributed by atoms with Crippen molar-refractivity contribution >= 4 is 17.4 Å². The second-order valence-corrected chi connectivity index (χ2v) is 4.46. The van der Waals surface area contributed by atoms with Crippen molar-refractivity contribution in [2.45, 2.75) is 9.92 Å². The van der Waals surface area contributed by atoms with Gasteiger partial charge in [-0.25, -0.2) is 9.97 Å². The second-order valence-electron chi connectivity index (χ2n) is 3.39. The molecule has 94 valence electrons. The Morgan fingerprint density at radius 3 is 2.50 bits per heavy atom. The van der Waals surface area contributed by atoms with Crippen molar-refractivity contribution in [2.24, 2.45) is 0 Å². The summed E-state index contributed by atoms with van der Waals surface area (Å²) in [5, 5.41) is 0.823. The SMILES string of the molecule is COc1cc(N)c(Sc2ccncn2)cc1OC. The van der Waals surface area contributed by atoms with Gasteiger partial charge in [-0.3, -0.25) is 0 Å². The third-order valence-corrected chi connectivity index (χ3v) is 3.31. The first-order chi connectivity index (χ1) is 8.74. The largest absolute Gasteiger partial charge is 0.493 e. The van der Waals surface area contributed by atoms with Crippen LogP contribution < -0.4 is 15.2 Å². The molecular weight excluding hydrogens is 250 g/mol. The van der Waals surface area contributed by atoms with Crippen LogP contribution in [0.1, 0.15) is 0 Å².